The Labute approximate surface area is 166 Å². The van der Waals surface area contributed by atoms with Crippen LogP contribution in [0.4, 0.5) is 30.7 Å². The molecule has 0 aliphatic carbocycles. The molecule has 1 atom stereocenters. The van der Waals surface area contributed by atoms with Crippen LogP contribution in [0.3, 0.4) is 0 Å². The molecule has 10 heteroatoms. The monoisotopic (exact) mass is 433 g/mol. The number of aliphatic imine (C=N–C) groups is 1. The maximum atomic E-state index is 13.2. The minimum absolute atomic E-state index is 0.0294. The van der Waals surface area contributed by atoms with E-state index in [-0.39, 0.29) is 11.6 Å². The van der Waals surface area contributed by atoms with Crippen molar-refractivity contribution in [1.29, 1.82) is 0 Å². The second-order valence-corrected chi connectivity index (χ2v) is 6.07. The van der Waals surface area contributed by atoms with Crippen LogP contribution in [0.25, 0.3) is 0 Å². The number of alkyl halides is 6. The van der Waals surface area contributed by atoms with Gasteiger partial charge in [-0.15, -0.1) is 0 Å². The van der Waals surface area contributed by atoms with Gasteiger partial charge in [-0.25, -0.2) is 9.18 Å². The normalized spacial score (nSPS) is 14.4. The smallest absolute Gasteiger partial charge is 0.416 e. The molecule has 0 N–H and O–H groups in total. The summed E-state index contributed by atoms with van der Waals surface area (Å²) in [4.78, 5) is 16.2. The largest absolute Gasteiger partial charge is 0.467 e. The first-order valence-electron chi connectivity index (χ1n) is 8.16. The molecule has 0 aliphatic heterocycles. The molecule has 0 bridgehead atoms. The first-order valence-corrected chi connectivity index (χ1v) is 8.16. The number of benzene rings is 2. The Kier molecular flexibility index (Phi) is 6.39. The molecule has 2 aromatic rings. The van der Waals surface area contributed by atoms with Gasteiger partial charge in [0, 0.05) is 6.21 Å². The van der Waals surface area contributed by atoms with Crippen molar-refractivity contribution >= 4 is 12.2 Å². The molecule has 0 saturated heterocycles. The summed E-state index contributed by atoms with van der Waals surface area (Å²) in [6, 6.07) is 5.20. The first kappa shape index (κ1) is 23.1. The fraction of sp³-hybridized carbons (Fsp3) is 0.200. The predicted octanol–water partition coefficient (Wildman–Crippen LogP) is 5.54. The number of hydrogen-bond acceptors (Lipinski definition) is 3. The lowest BCUT2D eigenvalue weighted by molar-refractivity contribution is -0.145. The Morgan fingerprint density at radius 2 is 1.43 bits per heavy atom. The number of halogens is 7. The molecule has 0 radical (unpaired) electrons. The number of ether oxygens (including phenoxy) is 1. The van der Waals surface area contributed by atoms with E-state index in [1.807, 2.05) is 0 Å². The maximum absolute atomic E-state index is 13.2. The highest BCUT2D eigenvalue weighted by atomic mass is 19.4. The van der Waals surface area contributed by atoms with Gasteiger partial charge in [0.05, 0.1) is 18.2 Å². The molecule has 0 saturated carbocycles. The van der Waals surface area contributed by atoms with E-state index in [4.69, 9.17) is 0 Å². The van der Waals surface area contributed by atoms with Crippen LogP contribution in [-0.2, 0) is 27.4 Å². The van der Waals surface area contributed by atoms with Crippen LogP contribution < -0.4 is 0 Å². The Balaban J connectivity index is 2.66. The lowest BCUT2D eigenvalue weighted by Crippen LogP contribution is -2.33. The molecule has 30 heavy (non-hydrogen) atoms. The summed E-state index contributed by atoms with van der Waals surface area (Å²) in [5.41, 5.74) is -5.61. The van der Waals surface area contributed by atoms with Gasteiger partial charge in [-0.05, 0) is 47.5 Å². The third-order valence-electron chi connectivity index (χ3n) is 4.10. The van der Waals surface area contributed by atoms with Gasteiger partial charge in [-0.1, -0.05) is 18.7 Å². The van der Waals surface area contributed by atoms with Crippen LogP contribution >= 0.6 is 0 Å². The zero-order chi connectivity index (χ0) is 22.7. The van der Waals surface area contributed by atoms with E-state index < -0.39 is 46.4 Å². The molecule has 3 nitrogen and oxygen atoms in total. The summed E-state index contributed by atoms with van der Waals surface area (Å²) in [6.45, 7) is 3.46. The first-order chi connectivity index (χ1) is 13.8. The van der Waals surface area contributed by atoms with E-state index in [0.29, 0.717) is 18.3 Å². The number of carbonyl (C=O) groups excluding carboxylic acids is 1. The van der Waals surface area contributed by atoms with E-state index >= 15 is 0 Å². The van der Waals surface area contributed by atoms with E-state index in [2.05, 4.69) is 16.3 Å². The fourth-order valence-corrected chi connectivity index (χ4v) is 2.59. The Hall–Kier alpha value is -3.17. The van der Waals surface area contributed by atoms with Gasteiger partial charge in [-0.3, -0.25) is 4.99 Å². The molecule has 0 amide bonds. The zero-order valence-corrected chi connectivity index (χ0v) is 15.3. The van der Waals surface area contributed by atoms with Gasteiger partial charge in [0.15, 0.2) is 0 Å². The average Bonchev–Trinajstić information content (AvgIpc) is 2.68. The third kappa shape index (κ3) is 4.87. The lowest BCUT2D eigenvalue weighted by atomic mass is 9.90. The van der Waals surface area contributed by atoms with Crippen molar-refractivity contribution in [3.05, 3.63) is 83.2 Å². The van der Waals surface area contributed by atoms with Crippen molar-refractivity contribution in [2.75, 3.05) is 7.11 Å². The minimum Gasteiger partial charge on any atom is -0.467 e. The van der Waals surface area contributed by atoms with Crippen molar-refractivity contribution in [1.82, 2.24) is 0 Å². The minimum atomic E-state index is -5.04. The van der Waals surface area contributed by atoms with Gasteiger partial charge in [0.25, 0.3) is 0 Å². The Morgan fingerprint density at radius 3 is 1.83 bits per heavy atom. The van der Waals surface area contributed by atoms with Gasteiger partial charge in [-0.2, -0.15) is 26.3 Å². The summed E-state index contributed by atoms with van der Waals surface area (Å²) >= 11 is 0. The molecule has 0 heterocycles. The van der Waals surface area contributed by atoms with Gasteiger partial charge in [0.2, 0.25) is 5.54 Å². The highest BCUT2D eigenvalue weighted by Crippen LogP contribution is 2.36. The van der Waals surface area contributed by atoms with Gasteiger partial charge in [0.1, 0.15) is 5.82 Å². The third-order valence-corrected chi connectivity index (χ3v) is 4.10. The number of nitrogens with zero attached hydrogens (tertiary/aromatic N) is 1. The molecule has 1 unspecified atom stereocenters. The van der Waals surface area contributed by atoms with E-state index in [1.165, 1.54) is 12.1 Å². The van der Waals surface area contributed by atoms with Crippen molar-refractivity contribution < 1.29 is 40.3 Å². The predicted molar refractivity (Wildman–Crippen MR) is 94.3 cm³/mol. The second kappa shape index (κ2) is 8.29. The highest BCUT2D eigenvalue weighted by molar-refractivity contribution is 5.90. The van der Waals surface area contributed by atoms with Crippen molar-refractivity contribution in [2.24, 2.45) is 4.99 Å². The number of methoxy groups -OCH3 is 1. The van der Waals surface area contributed by atoms with Gasteiger partial charge < -0.3 is 4.74 Å². The van der Waals surface area contributed by atoms with Crippen LogP contribution in [0.2, 0.25) is 0 Å². The average molecular weight is 433 g/mol. The van der Waals surface area contributed by atoms with Gasteiger partial charge >= 0.3 is 18.3 Å². The Morgan fingerprint density at radius 1 is 0.933 bits per heavy atom. The number of esters is 1. The van der Waals surface area contributed by atoms with Crippen LogP contribution in [0.5, 0.6) is 0 Å². The molecular formula is C20H14F7NO2. The SMILES string of the molecule is C=CC(N=Cc1cc(C(F)(F)F)cc(C(F)(F)F)c1)(C(=O)OC)c1ccc(F)cc1. The van der Waals surface area contributed by atoms with Crippen LogP contribution in [-0.4, -0.2) is 19.3 Å². The molecule has 0 spiro atoms. The van der Waals surface area contributed by atoms with E-state index in [1.54, 1.807) is 0 Å². The van der Waals surface area contributed by atoms with Crippen LogP contribution in [0.15, 0.2) is 60.1 Å². The standard InChI is InChI=1S/C20H14F7NO2/c1-3-18(17(29)30-2,13-4-6-16(21)7-5-13)28-11-12-8-14(19(22,23)24)10-15(9-12)20(25,26)27/h3-11H,1H2,2H3. The number of rotatable bonds is 5. The summed E-state index contributed by atoms with van der Waals surface area (Å²) < 4.78 is 96.0. The molecule has 0 aliphatic rings. The fourth-order valence-electron chi connectivity index (χ4n) is 2.59. The molecule has 0 fully saturated rings. The molecule has 2 aromatic carbocycles. The zero-order valence-electron chi connectivity index (χ0n) is 15.3. The van der Waals surface area contributed by atoms with Crippen molar-refractivity contribution in [2.45, 2.75) is 17.9 Å². The Bertz CT molecular complexity index is 930. The molecule has 160 valence electrons. The van der Waals surface area contributed by atoms with E-state index in [0.717, 1.165) is 25.3 Å². The quantitative estimate of drug-likeness (QED) is 0.269. The van der Waals surface area contributed by atoms with Crippen LogP contribution in [0, 0.1) is 5.82 Å². The summed E-state index contributed by atoms with van der Waals surface area (Å²) in [6.07, 6.45) is -8.43. The second-order valence-electron chi connectivity index (χ2n) is 6.07. The summed E-state index contributed by atoms with van der Waals surface area (Å²) in [7, 11) is 1.01. The van der Waals surface area contributed by atoms with Crippen LogP contribution in [0.1, 0.15) is 22.3 Å². The maximum Gasteiger partial charge on any atom is 0.416 e. The molecular weight excluding hydrogens is 419 g/mol. The molecule has 2 rings (SSSR count). The number of hydrogen-bond donors (Lipinski definition) is 0. The number of carbonyl (C=O) groups is 1. The topological polar surface area (TPSA) is 38.7 Å². The van der Waals surface area contributed by atoms with Crippen molar-refractivity contribution in [3.63, 3.8) is 0 Å². The lowest BCUT2D eigenvalue weighted by Gasteiger charge is -2.24. The summed E-state index contributed by atoms with van der Waals surface area (Å²) in [5, 5.41) is 0. The van der Waals surface area contributed by atoms with Crippen molar-refractivity contribution in [3.8, 4) is 0 Å². The van der Waals surface area contributed by atoms with E-state index in [9.17, 15) is 35.5 Å². The highest BCUT2D eigenvalue weighted by Gasteiger charge is 2.39. The molecule has 0 aromatic heterocycles. The summed E-state index contributed by atoms with van der Waals surface area (Å²) in [5.74, 6) is -1.67.